The van der Waals surface area contributed by atoms with Crippen molar-refractivity contribution in [2.24, 2.45) is 0 Å². The molecule has 0 radical (unpaired) electrons. The van der Waals surface area contributed by atoms with E-state index in [1.165, 1.54) is 0 Å². The van der Waals surface area contributed by atoms with Crippen LogP contribution in [0.4, 0.5) is 11.6 Å². The highest BCUT2D eigenvalue weighted by Gasteiger charge is 2.36. The molecule has 2 aromatic carbocycles. The van der Waals surface area contributed by atoms with Gasteiger partial charge in [-0.3, -0.25) is 4.79 Å². The molecule has 8 heteroatoms. The van der Waals surface area contributed by atoms with Gasteiger partial charge in [-0.1, -0.05) is 30.3 Å². The summed E-state index contributed by atoms with van der Waals surface area (Å²) in [6.45, 7) is 3.95. The number of allylic oxidation sites excluding steroid dienone is 1. The smallest absolute Gasteiger partial charge is 0.255 e. The molecule has 1 amide bonds. The number of nitrogens with zero attached hydrogens (tertiary/aromatic N) is 3. The van der Waals surface area contributed by atoms with Crippen molar-refractivity contribution in [2.45, 2.75) is 19.9 Å². The minimum atomic E-state index is -0.392. The fourth-order valence-electron chi connectivity index (χ4n) is 3.96. The highest BCUT2D eigenvalue weighted by molar-refractivity contribution is 7.10. The summed E-state index contributed by atoms with van der Waals surface area (Å²) < 4.78 is 7.16. The van der Waals surface area contributed by atoms with Crippen LogP contribution in [-0.2, 0) is 4.79 Å². The number of para-hydroxylation sites is 1. The van der Waals surface area contributed by atoms with E-state index < -0.39 is 6.04 Å². The van der Waals surface area contributed by atoms with Crippen LogP contribution in [0.2, 0.25) is 0 Å². The zero-order valence-corrected chi connectivity index (χ0v) is 19.3. The highest BCUT2D eigenvalue weighted by atomic mass is 32.1. The van der Waals surface area contributed by atoms with Gasteiger partial charge in [0.15, 0.2) is 5.82 Å². The van der Waals surface area contributed by atoms with Crippen LogP contribution in [0, 0.1) is 6.92 Å². The first-order chi connectivity index (χ1) is 16.0. The maximum absolute atomic E-state index is 13.5. The van der Waals surface area contributed by atoms with E-state index in [-0.39, 0.29) is 5.91 Å². The molecule has 5 rings (SSSR count). The summed E-state index contributed by atoms with van der Waals surface area (Å²) in [7, 11) is 1.63. The van der Waals surface area contributed by atoms with Crippen LogP contribution in [-0.4, -0.2) is 27.8 Å². The molecule has 0 spiro atoms. The van der Waals surface area contributed by atoms with Crippen molar-refractivity contribution in [3.05, 3.63) is 87.8 Å². The molecular formula is C25H23N5O2S. The van der Waals surface area contributed by atoms with Gasteiger partial charge < -0.3 is 15.4 Å². The number of amides is 1. The molecule has 1 aliphatic heterocycles. The van der Waals surface area contributed by atoms with E-state index in [9.17, 15) is 4.79 Å². The average Bonchev–Trinajstić information content (AvgIpc) is 3.44. The number of anilines is 2. The van der Waals surface area contributed by atoms with Crippen molar-refractivity contribution in [1.82, 2.24) is 14.8 Å². The number of hydrogen-bond acceptors (Lipinski definition) is 6. The van der Waals surface area contributed by atoms with Gasteiger partial charge >= 0.3 is 0 Å². The maximum Gasteiger partial charge on any atom is 0.255 e. The average molecular weight is 458 g/mol. The SMILES string of the molecule is COc1cccc(-c2nc3n(n2)C(c2sccc2C)C(C(=O)Nc2ccccc2)=C(C)N3)c1. The highest BCUT2D eigenvalue weighted by Crippen LogP contribution is 2.40. The molecular weight excluding hydrogens is 434 g/mol. The summed E-state index contributed by atoms with van der Waals surface area (Å²) in [5.74, 6) is 1.72. The van der Waals surface area contributed by atoms with E-state index >= 15 is 0 Å². The van der Waals surface area contributed by atoms with E-state index in [1.54, 1.807) is 23.1 Å². The lowest BCUT2D eigenvalue weighted by atomic mass is 9.99. The number of benzene rings is 2. The quantitative estimate of drug-likeness (QED) is 0.428. The zero-order chi connectivity index (χ0) is 22.9. The van der Waals surface area contributed by atoms with Crippen LogP contribution < -0.4 is 15.4 Å². The van der Waals surface area contributed by atoms with Gasteiger partial charge in [0.2, 0.25) is 5.95 Å². The van der Waals surface area contributed by atoms with Gasteiger partial charge in [-0.25, -0.2) is 4.68 Å². The van der Waals surface area contributed by atoms with Crippen LogP contribution in [0.15, 0.2) is 77.3 Å². The third kappa shape index (κ3) is 3.89. The largest absolute Gasteiger partial charge is 0.497 e. The first-order valence-electron chi connectivity index (χ1n) is 10.5. The number of aromatic nitrogens is 3. The van der Waals surface area contributed by atoms with Crippen molar-refractivity contribution in [1.29, 1.82) is 0 Å². The van der Waals surface area contributed by atoms with Crippen LogP contribution in [0.5, 0.6) is 5.75 Å². The van der Waals surface area contributed by atoms with Crippen molar-refractivity contribution in [3.63, 3.8) is 0 Å². The number of hydrogen-bond donors (Lipinski definition) is 2. The second-order valence-corrected chi connectivity index (χ2v) is 8.74. The normalized spacial score (nSPS) is 15.1. The molecule has 7 nitrogen and oxygen atoms in total. The van der Waals surface area contributed by atoms with Crippen molar-refractivity contribution < 1.29 is 9.53 Å². The Bertz CT molecular complexity index is 1360. The molecule has 0 bridgehead atoms. The molecule has 0 saturated heterocycles. The number of methoxy groups -OCH3 is 1. The lowest BCUT2D eigenvalue weighted by molar-refractivity contribution is -0.113. The van der Waals surface area contributed by atoms with E-state index in [1.807, 2.05) is 66.9 Å². The number of aryl methyl sites for hydroxylation is 1. The van der Waals surface area contributed by atoms with Crippen LogP contribution >= 0.6 is 11.3 Å². The Morgan fingerprint density at radius 2 is 1.94 bits per heavy atom. The summed E-state index contributed by atoms with van der Waals surface area (Å²) in [5, 5.41) is 13.2. The fraction of sp³-hybridized carbons (Fsp3) is 0.160. The zero-order valence-electron chi connectivity index (χ0n) is 18.5. The topological polar surface area (TPSA) is 81.1 Å². The Morgan fingerprint density at radius 3 is 2.67 bits per heavy atom. The van der Waals surface area contributed by atoms with Gasteiger partial charge in [-0.05, 0) is 55.1 Å². The third-order valence-electron chi connectivity index (χ3n) is 5.61. The second kappa shape index (κ2) is 8.55. The number of nitrogens with one attached hydrogen (secondary N) is 2. The molecule has 1 aliphatic rings. The Morgan fingerprint density at radius 1 is 1.12 bits per heavy atom. The van der Waals surface area contributed by atoms with Crippen LogP contribution in [0.3, 0.4) is 0 Å². The summed E-state index contributed by atoms with van der Waals surface area (Å²) >= 11 is 1.61. The molecule has 4 aromatic rings. The minimum absolute atomic E-state index is 0.173. The van der Waals surface area contributed by atoms with E-state index in [4.69, 9.17) is 14.8 Å². The first-order valence-corrected chi connectivity index (χ1v) is 11.4. The number of ether oxygens (including phenoxy) is 1. The molecule has 0 aliphatic carbocycles. The minimum Gasteiger partial charge on any atom is -0.497 e. The van der Waals surface area contributed by atoms with Gasteiger partial charge in [0, 0.05) is 21.8 Å². The number of thiophene rings is 1. The first kappa shape index (κ1) is 21.0. The lowest BCUT2D eigenvalue weighted by Gasteiger charge is -2.28. The van der Waals surface area contributed by atoms with Gasteiger partial charge in [0.05, 0.1) is 12.7 Å². The molecule has 1 unspecified atom stereocenters. The lowest BCUT2D eigenvalue weighted by Crippen LogP contribution is -2.31. The molecule has 166 valence electrons. The second-order valence-electron chi connectivity index (χ2n) is 7.79. The number of carbonyl (C=O) groups is 1. The van der Waals surface area contributed by atoms with Crippen molar-refractivity contribution in [3.8, 4) is 17.1 Å². The van der Waals surface area contributed by atoms with Crippen molar-refractivity contribution >= 4 is 28.9 Å². The fourth-order valence-corrected chi connectivity index (χ4v) is 4.98. The Hall–Kier alpha value is -3.91. The van der Waals surface area contributed by atoms with Crippen molar-refractivity contribution in [2.75, 3.05) is 17.7 Å². The summed E-state index contributed by atoms with van der Waals surface area (Å²) in [5.41, 5.74) is 4.05. The number of rotatable bonds is 5. The predicted molar refractivity (Wildman–Crippen MR) is 131 cm³/mol. The van der Waals surface area contributed by atoms with Gasteiger partial charge in [0.25, 0.3) is 5.91 Å². The maximum atomic E-state index is 13.5. The molecule has 33 heavy (non-hydrogen) atoms. The molecule has 1 atom stereocenters. The summed E-state index contributed by atoms with van der Waals surface area (Å²) in [6.07, 6.45) is 0. The van der Waals surface area contributed by atoms with Gasteiger partial charge in [-0.15, -0.1) is 16.4 Å². The van der Waals surface area contributed by atoms with Crippen LogP contribution in [0.25, 0.3) is 11.4 Å². The summed E-state index contributed by atoms with van der Waals surface area (Å²) in [6, 6.07) is 18.8. The number of carbonyl (C=O) groups excluding carboxylic acids is 1. The van der Waals surface area contributed by atoms with E-state index in [0.717, 1.165) is 33.1 Å². The monoisotopic (exact) mass is 457 g/mol. The molecule has 2 aromatic heterocycles. The van der Waals surface area contributed by atoms with Gasteiger partial charge in [-0.2, -0.15) is 4.98 Å². The third-order valence-corrected chi connectivity index (χ3v) is 6.68. The molecule has 2 N–H and O–H groups in total. The molecule has 0 saturated carbocycles. The summed E-state index contributed by atoms with van der Waals surface area (Å²) in [4.78, 5) is 19.3. The Labute approximate surface area is 195 Å². The molecule has 3 heterocycles. The van der Waals surface area contributed by atoms with Gasteiger partial charge in [0.1, 0.15) is 11.8 Å². The Kier molecular flexibility index (Phi) is 5.43. The standard InChI is InChI=1S/C25H23N5O2S/c1-15-12-13-33-22(15)21-20(24(31)27-18-9-5-4-6-10-18)16(2)26-25-28-23(29-30(21)25)17-8-7-11-19(14-17)32-3/h4-14,21H,1-3H3,(H,27,31)(H,26,28,29). The predicted octanol–water partition coefficient (Wildman–Crippen LogP) is 5.25. The van der Waals surface area contributed by atoms with E-state index in [0.29, 0.717) is 17.3 Å². The van der Waals surface area contributed by atoms with Crippen LogP contribution in [0.1, 0.15) is 23.4 Å². The number of fused-ring (bicyclic) bond motifs is 1. The Balaban J connectivity index is 1.60. The molecule has 0 fully saturated rings. The van der Waals surface area contributed by atoms with E-state index in [2.05, 4.69) is 23.6 Å².